The Morgan fingerprint density at radius 1 is 1.06 bits per heavy atom. The van der Waals surface area contributed by atoms with Crippen LogP contribution in [0.5, 0.6) is 0 Å². The number of aromatic nitrogens is 2. The van der Waals surface area contributed by atoms with Crippen molar-refractivity contribution in [2.45, 2.75) is 25.7 Å². The Kier molecular flexibility index (Phi) is 7.14. The van der Waals surface area contributed by atoms with Crippen LogP contribution in [0.15, 0.2) is 42.7 Å². The monoisotopic (exact) mass is 440 g/mol. The van der Waals surface area contributed by atoms with Crippen LogP contribution in [0.25, 0.3) is 0 Å². The number of anilines is 2. The van der Waals surface area contributed by atoms with Crippen LogP contribution in [0.1, 0.15) is 25.7 Å². The summed E-state index contributed by atoms with van der Waals surface area (Å²) >= 11 is 0. The van der Waals surface area contributed by atoms with Crippen LogP contribution >= 0.6 is 0 Å². The van der Waals surface area contributed by atoms with Gasteiger partial charge >= 0.3 is 6.03 Å². The highest BCUT2D eigenvalue weighted by molar-refractivity contribution is 5.89. The average Bonchev–Trinajstić information content (AvgIpc) is 2.83. The smallest absolute Gasteiger partial charge is 0.319 e. The van der Waals surface area contributed by atoms with E-state index in [-0.39, 0.29) is 23.8 Å². The van der Waals surface area contributed by atoms with E-state index < -0.39 is 5.82 Å². The summed E-state index contributed by atoms with van der Waals surface area (Å²) in [6.07, 6.45) is 6.97. The third kappa shape index (κ3) is 5.72. The van der Waals surface area contributed by atoms with Gasteiger partial charge < -0.3 is 20.4 Å². The summed E-state index contributed by atoms with van der Waals surface area (Å²) in [5, 5.41) is 5.49. The van der Waals surface area contributed by atoms with E-state index in [1.165, 1.54) is 12.1 Å². The molecule has 0 aliphatic carbocycles. The van der Waals surface area contributed by atoms with Crippen LogP contribution in [0.2, 0.25) is 0 Å². The first kappa shape index (κ1) is 22.0. The van der Waals surface area contributed by atoms with Gasteiger partial charge in [0.25, 0.3) is 0 Å². The highest BCUT2D eigenvalue weighted by Crippen LogP contribution is 2.25. The van der Waals surface area contributed by atoms with Crippen molar-refractivity contribution in [3.8, 4) is 0 Å². The zero-order chi connectivity index (χ0) is 22.3. The van der Waals surface area contributed by atoms with Gasteiger partial charge in [0.15, 0.2) is 0 Å². The van der Waals surface area contributed by atoms with E-state index in [1.54, 1.807) is 30.6 Å². The lowest BCUT2D eigenvalue weighted by Crippen LogP contribution is -2.48. The van der Waals surface area contributed by atoms with Gasteiger partial charge in [-0.25, -0.2) is 19.2 Å². The lowest BCUT2D eigenvalue weighted by molar-refractivity contribution is -0.138. The lowest BCUT2D eigenvalue weighted by atomic mass is 9.92. The van der Waals surface area contributed by atoms with Crippen molar-refractivity contribution in [3.63, 3.8) is 0 Å². The second-order valence-corrected chi connectivity index (χ2v) is 8.45. The van der Waals surface area contributed by atoms with Crippen LogP contribution in [0.4, 0.5) is 20.8 Å². The second-order valence-electron chi connectivity index (χ2n) is 8.45. The number of amides is 3. The molecule has 0 spiro atoms. The Balaban J connectivity index is 1.22. The molecule has 2 aliphatic rings. The van der Waals surface area contributed by atoms with Gasteiger partial charge in [-0.3, -0.25) is 4.79 Å². The number of halogens is 1. The maximum atomic E-state index is 13.3. The highest BCUT2D eigenvalue weighted by atomic mass is 19.1. The van der Waals surface area contributed by atoms with Crippen molar-refractivity contribution in [1.29, 1.82) is 0 Å². The van der Waals surface area contributed by atoms with Crippen molar-refractivity contribution in [2.24, 2.45) is 11.8 Å². The number of carbonyl (C=O) groups is 2. The summed E-state index contributed by atoms with van der Waals surface area (Å²) in [6, 6.07) is 7.22. The summed E-state index contributed by atoms with van der Waals surface area (Å²) in [4.78, 5) is 37.9. The molecule has 1 unspecified atom stereocenters. The van der Waals surface area contributed by atoms with Gasteiger partial charge in [-0.05, 0) is 55.9 Å². The summed E-state index contributed by atoms with van der Waals surface area (Å²) in [6.45, 7) is 3.46. The molecule has 2 fully saturated rings. The van der Waals surface area contributed by atoms with Crippen LogP contribution in [0.3, 0.4) is 0 Å². The van der Waals surface area contributed by atoms with E-state index in [2.05, 4.69) is 25.5 Å². The van der Waals surface area contributed by atoms with Crippen LogP contribution < -0.4 is 15.5 Å². The van der Waals surface area contributed by atoms with E-state index in [1.807, 2.05) is 4.90 Å². The molecule has 2 saturated heterocycles. The normalized spacial score (nSPS) is 19.5. The Morgan fingerprint density at radius 2 is 1.84 bits per heavy atom. The highest BCUT2D eigenvalue weighted by Gasteiger charge is 2.32. The summed E-state index contributed by atoms with van der Waals surface area (Å²) in [5.41, 5.74) is 0.412. The molecule has 9 heteroatoms. The molecule has 4 rings (SSSR count). The topological polar surface area (TPSA) is 90.5 Å². The fourth-order valence-corrected chi connectivity index (χ4v) is 4.45. The molecule has 0 radical (unpaired) electrons. The quantitative estimate of drug-likeness (QED) is 0.746. The molecule has 32 heavy (non-hydrogen) atoms. The second kappa shape index (κ2) is 10.4. The third-order valence-corrected chi connectivity index (χ3v) is 6.14. The Labute approximate surface area is 187 Å². The molecular formula is C23H29FN6O2. The predicted octanol–water partition coefficient (Wildman–Crippen LogP) is 2.89. The number of benzene rings is 1. The molecule has 170 valence electrons. The SMILES string of the molecule is O=C(NCC1CCCN(C(=O)C2CCN(c3ncccn3)CC2)C1)Nc1cccc(F)c1. The molecule has 3 amide bonds. The third-order valence-electron chi connectivity index (χ3n) is 6.14. The van der Waals surface area contributed by atoms with Gasteiger partial charge in [0, 0.05) is 56.7 Å². The lowest BCUT2D eigenvalue weighted by Gasteiger charge is -2.37. The first-order chi connectivity index (χ1) is 15.6. The fraction of sp³-hybridized carbons (Fsp3) is 0.478. The number of likely N-dealkylation sites (tertiary alicyclic amines) is 1. The van der Waals surface area contributed by atoms with Crippen molar-refractivity contribution in [1.82, 2.24) is 20.2 Å². The number of hydrogen-bond donors (Lipinski definition) is 2. The minimum Gasteiger partial charge on any atom is -0.342 e. The van der Waals surface area contributed by atoms with Gasteiger partial charge in [-0.2, -0.15) is 0 Å². The number of rotatable bonds is 5. The molecule has 2 aliphatic heterocycles. The molecule has 1 aromatic carbocycles. The largest absolute Gasteiger partial charge is 0.342 e. The Hall–Kier alpha value is -3.23. The van der Waals surface area contributed by atoms with E-state index in [9.17, 15) is 14.0 Å². The van der Waals surface area contributed by atoms with Gasteiger partial charge in [0.1, 0.15) is 5.82 Å². The Morgan fingerprint density at radius 3 is 2.59 bits per heavy atom. The van der Waals surface area contributed by atoms with Gasteiger partial charge in [0.2, 0.25) is 11.9 Å². The van der Waals surface area contributed by atoms with Gasteiger partial charge in [0.05, 0.1) is 0 Å². The first-order valence-electron chi connectivity index (χ1n) is 11.2. The predicted molar refractivity (Wildman–Crippen MR) is 120 cm³/mol. The summed E-state index contributed by atoms with van der Waals surface area (Å²) in [5.74, 6) is 0.777. The fourth-order valence-electron chi connectivity index (χ4n) is 4.45. The average molecular weight is 441 g/mol. The van der Waals surface area contributed by atoms with Crippen LogP contribution in [0, 0.1) is 17.7 Å². The minimum absolute atomic E-state index is 0.0259. The molecule has 1 aromatic heterocycles. The molecule has 0 saturated carbocycles. The molecule has 2 aromatic rings. The number of nitrogens with one attached hydrogen (secondary N) is 2. The molecule has 0 bridgehead atoms. The van der Waals surface area contributed by atoms with E-state index in [0.717, 1.165) is 51.3 Å². The zero-order valence-electron chi connectivity index (χ0n) is 18.0. The molecular weight excluding hydrogens is 411 g/mol. The molecule has 8 nitrogen and oxygen atoms in total. The standard InChI is InChI=1S/C23H29FN6O2/c24-19-5-1-6-20(14-19)28-23(32)27-15-17-4-2-11-30(16-17)21(31)18-7-12-29(13-8-18)22-25-9-3-10-26-22/h1,3,5-6,9-10,14,17-18H,2,4,7-8,11-13,15-16H2,(H2,27,28,32). The van der Waals surface area contributed by atoms with Gasteiger partial charge in [-0.15, -0.1) is 0 Å². The van der Waals surface area contributed by atoms with E-state index >= 15 is 0 Å². The molecule has 2 N–H and O–H groups in total. The van der Waals surface area contributed by atoms with Crippen molar-refractivity contribution >= 4 is 23.6 Å². The Bertz CT molecular complexity index is 920. The molecule has 1 atom stereocenters. The maximum Gasteiger partial charge on any atom is 0.319 e. The van der Waals surface area contributed by atoms with Crippen molar-refractivity contribution in [2.75, 3.05) is 42.9 Å². The first-order valence-corrected chi connectivity index (χ1v) is 11.2. The number of hydrogen-bond acceptors (Lipinski definition) is 5. The number of nitrogens with zero attached hydrogens (tertiary/aromatic N) is 4. The van der Waals surface area contributed by atoms with Crippen LogP contribution in [-0.2, 0) is 4.79 Å². The number of carbonyl (C=O) groups excluding carboxylic acids is 2. The van der Waals surface area contributed by atoms with E-state index in [0.29, 0.717) is 18.8 Å². The number of piperidine rings is 2. The van der Waals surface area contributed by atoms with Crippen molar-refractivity contribution < 1.29 is 14.0 Å². The minimum atomic E-state index is -0.397. The maximum absolute atomic E-state index is 13.3. The van der Waals surface area contributed by atoms with E-state index in [4.69, 9.17) is 0 Å². The summed E-state index contributed by atoms with van der Waals surface area (Å²) < 4.78 is 13.3. The van der Waals surface area contributed by atoms with Crippen molar-refractivity contribution in [3.05, 3.63) is 48.5 Å². The van der Waals surface area contributed by atoms with Gasteiger partial charge in [-0.1, -0.05) is 6.07 Å². The van der Waals surface area contributed by atoms with Crippen LogP contribution in [-0.4, -0.2) is 59.5 Å². The zero-order valence-corrected chi connectivity index (χ0v) is 18.0. The number of urea groups is 1. The summed E-state index contributed by atoms with van der Waals surface area (Å²) in [7, 11) is 0. The molecule has 3 heterocycles.